The predicted molar refractivity (Wildman–Crippen MR) is 64.7 cm³/mol. The zero-order valence-corrected chi connectivity index (χ0v) is 10.5. The van der Waals surface area contributed by atoms with Gasteiger partial charge in [0, 0.05) is 12.7 Å². The molecule has 10 heteroatoms. The molecular weight excluding hydrogens is 291 g/mol. The number of hydrogen-bond acceptors (Lipinski definition) is 5. The lowest BCUT2D eigenvalue weighted by Gasteiger charge is -2.08. The van der Waals surface area contributed by atoms with Crippen LogP contribution < -0.4 is 5.32 Å². The summed E-state index contributed by atoms with van der Waals surface area (Å²) in [6.07, 6.45) is -2.43. The number of carbonyl (C=O) groups is 1. The topological polar surface area (TPSA) is 92.9 Å². The van der Waals surface area contributed by atoms with Gasteiger partial charge in [0.25, 0.3) is 0 Å². The summed E-state index contributed by atoms with van der Waals surface area (Å²) >= 11 is 0. The Kier molecular flexibility index (Phi) is 4.05. The number of carboxylic acid groups (broad SMARTS) is 1. The largest absolute Gasteiger partial charge is 0.476 e. The van der Waals surface area contributed by atoms with E-state index in [9.17, 15) is 18.0 Å². The first kappa shape index (κ1) is 14.8. The number of halogens is 3. The van der Waals surface area contributed by atoms with Crippen molar-refractivity contribution in [3.05, 3.63) is 35.8 Å². The molecule has 0 amide bonds. The van der Waals surface area contributed by atoms with Crippen LogP contribution in [0.2, 0.25) is 0 Å². The van der Waals surface area contributed by atoms with E-state index in [0.29, 0.717) is 13.1 Å². The molecule has 2 aromatic rings. The Morgan fingerprint density at radius 2 is 2.14 bits per heavy atom. The van der Waals surface area contributed by atoms with Crippen molar-refractivity contribution < 1.29 is 23.1 Å². The van der Waals surface area contributed by atoms with Gasteiger partial charge < -0.3 is 10.4 Å². The van der Waals surface area contributed by atoms with Gasteiger partial charge in [0.05, 0.1) is 18.3 Å². The molecule has 7 nitrogen and oxygen atoms in total. The molecule has 0 spiro atoms. The second-order valence-corrected chi connectivity index (χ2v) is 4.03. The lowest BCUT2D eigenvalue weighted by Crippen LogP contribution is -2.12. The number of alkyl halides is 3. The number of aromatic carboxylic acids is 1. The van der Waals surface area contributed by atoms with Crippen LogP contribution in [0.15, 0.2) is 24.5 Å². The summed E-state index contributed by atoms with van der Waals surface area (Å²) in [5.41, 5.74) is -1.00. The van der Waals surface area contributed by atoms with Gasteiger partial charge in [0.15, 0.2) is 5.69 Å². The average Bonchev–Trinajstić information content (AvgIpc) is 2.87. The fourth-order valence-electron chi connectivity index (χ4n) is 1.47. The summed E-state index contributed by atoms with van der Waals surface area (Å²) in [7, 11) is 0. The highest BCUT2D eigenvalue weighted by molar-refractivity contribution is 5.84. The van der Waals surface area contributed by atoms with Crippen molar-refractivity contribution in [3.8, 4) is 0 Å². The minimum absolute atomic E-state index is 0.178. The number of anilines is 1. The van der Waals surface area contributed by atoms with Gasteiger partial charge >= 0.3 is 12.1 Å². The molecule has 0 aromatic carbocycles. The zero-order valence-electron chi connectivity index (χ0n) is 10.5. The molecule has 2 rings (SSSR count). The molecule has 0 fully saturated rings. The van der Waals surface area contributed by atoms with Crippen molar-refractivity contribution in [2.45, 2.75) is 12.7 Å². The summed E-state index contributed by atoms with van der Waals surface area (Å²) in [6, 6.07) is 2.14. The molecule has 0 unspecified atom stereocenters. The third-order valence-corrected chi connectivity index (χ3v) is 2.50. The van der Waals surface area contributed by atoms with Crippen LogP contribution >= 0.6 is 0 Å². The number of nitrogens with one attached hydrogen (secondary N) is 1. The summed E-state index contributed by atoms with van der Waals surface area (Å²) in [5, 5.41) is 18.5. The van der Waals surface area contributed by atoms with E-state index < -0.39 is 17.7 Å². The summed E-state index contributed by atoms with van der Waals surface area (Å²) in [5.74, 6) is -0.903. The first-order chi connectivity index (χ1) is 9.86. The molecular formula is C11H10F3N5O2. The first-order valence-electron chi connectivity index (χ1n) is 5.77. The number of hydrogen-bond donors (Lipinski definition) is 2. The summed E-state index contributed by atoms with van der Waals surface area (Å²) in [6.45, 7) is 0.601. The zero-order chi connectivity index (χ0) is 15.5. The molecule has 0 saturated heterocycles. The van der Waals surface area contributed by atoms with Gasteiger partial charge in [-0.15, -0.1) is 5.10 Å². The van der Waals surface area contributed by atoms with Gasteiger partial charge in [-0.1, -0.05) is 5.21 Å². The Balaban J connectivity index is 1.87. The molecule has 0 radical (unpaired) electrons. The predicted octanol–water partition coefficient (Wildman–Crippen LogP) is 1.50. The van der Waals surface area contributed by atoms with Crippen molar-refractivity contribution in [1.82, 2.24) is 20.0 Å². The number of aromatic nitrogens is 4. The monoisotopic (exact) mass is 301 g/mol. The number of carboxylic acids is 1. The highest BCUT2D eigenvalue weighted by Crippen LogP contribution is 2.28. The van der Waals surface area contributed by atoms with Gasteiger partial charge in [0.1, 0.15) is 5.82 Å². The number of nitrogens with zero attached hydrogens (tertiary/aromatic N) is 4. The highest BCUT2D eigenvalue weighted by Gasteiger charge is 2.30. The second kappa shape index (κ2) is 5.77. The molecule has 2 aromatic heterocycles. The molecule has 21 heavy (non-hydrogen) atoms. The molecule has 2 N–H and O–H groups in total. The van der Waals surface area contributed by atoms with E-state index in [0.717, 1.165) is 12.3 Å². The maximum absolute atomic E-state index is 12.3. The van der Waals surface area contributed by atoms with Gasteiger partial charge in [0.2, 0.25) is 0 Å². The maximum atomic E-state index is 12.3. The Bertz CT molecular complexity index is 624. The van der Waals surface area contributed by atoms with E-state index in [1.807, 2.05) is 0 Å². The van der Waals surface area contributed by atoms with E-state index in [1.165, 1.54) is 16.9 Å². The van der Waals surface area contributed by atoms with Gasteiger partial charge in [-0.05, 0) is 12.1 Å². The molecule has 2 heterocycles. The van der Waals surface area contributed by atoms with Gasteiger partial charge in [-0.25, -0.2) is 14.5 Å². The van der Waals surface area contributed by atoms with Crippen LogP contribution in [-0.2, 0) is 12.7 Å². The minimum Gasteiger partial charge on any atom is -0.476 e. The van der Waals surface area contributed by atoms with Gasteiger partial charge in [-0.2, -0.15) is 13.2 Å². The standard InChI is InChI=1S/C11H10F3N5O2/c12-11(13,14)7-1-2-9(16-5-7)15-3-4-19-6-8(10(20)21)17-18-19/h1-2,5-6H,3-4H2,(H,15,16)(H,20,21). The smallest absolute Gasteiger partial charge is 0.417 e. The SMILES string of the molecule is O=C(O)c1cn(CCNc2ccc(C(F)(F)F)cn2)nn1. The van der Waals surface area contributed by atoms with Crippen molar-refractivity contribution >= 4 is 11.8 Å². The molecule has 0 aliphatic rings. The van der Waals surface area contributed by atoms with Crippen molar-refractivity contribution in [3.63, 3.8) is 0 Å². The van der Waals surface area contributed by atoms with Crippen LogP contribution in [0.5, 0.6) is 0 Å². The summed E-state index contributed by atoms with van der Waals surface area (Å²) in [4.78, 5) is 14.2. The van der Waals surface area contributed by atoms with E-state index in [4.69, 9.17) is 5.11 Å². The van der Waals surface area contributed by atoms with Crippen LogP contribution in [0.3, 0.4) is 0 Å². The molecule has 0 saturated carbocycles. The normalized spacial score (nSPS) is 11.4. The Morgan fingerprint density at radius 1 is 1.38 bits per heavy atom. The summed E-state index contributed by atoms with van der Waals surface area (Å²) < 4.78 is 38.3. The first-order valence-corrected chi connectivity index (χ1v) is 5.77. The van der Waals surface area contributed by atoms with Crippen molar-refractivity contribution in [2.75, 3.05) is 11.9 Å². The molecule has 0 aliphatic heterocycles. The van der Waals surface area contributed by atoms with Crippen LogP contribution in [0.4, 0.5) is 19.0 Å². The van der Waals surface area contributed by atoms with Crippen LogP contribution in [0, 0.1) is 0 Å². The van der Waals surface area contributed by atoms with Crippen molar-refractivity contribution in [1.29, 1.82) is 0 Å². The average molecular weight is 301 g/mol. The fourth-order valence-corrected chi connectivity index (χ4v) is 1.47. The quantitative estimate of drug-likeness (QED) is 0.869. The van der Waals surface area contributed by atoms with Gasteiger partial charge in [-0.3, -0.25) is 0 Å². The lowest BCUT2D eigenvalue weighted by atomic mass is 10.3. The second-order valence-electron chi connectivity index (χ2n) is 4.03. The van der Waals surface area contributed by atoms with Crippen LogP contribution in [0.1, 0.15) is 16.1 Å². The van der Waals surface area contributed by atoms with E-state index in [-0.39, 0.29) is 11.5 Å². The maximum Gasteiger partial charge on any atom is 0.417 e. The third kappa shape index (κ3) is 3.91. The Morgan fingerprint density at radius 3 is 2.67 bits per heavy atom. The number of pyridine rings is 1. The number of rotatable bonds is 5. The molecule has 112 valence electrons. The van der Waals surface area contributed by atoms with Crippen LogP contribution in [0.25, 0.3) is 0 Å². The Hall–Kier alpha value is -2.65. The third-order valence-electron chi connectivity index (χ3n) is 2.50. The van der Waals surface area contributed by atoms with E-state index in [1.54, 1.807) is 0 Å². The molecule has 0 aliphatic carbocycles. The molecule has 0 atom stereocenters. The van der Waals surface area contributed by atoms with Crippen LogP contribution in [-0.4, -0.2) is 37.6 Å². The highest BCUT2D eigenvalue weighted by atomic mass is 19.4. The van der Waals surface area contributed by atoms with E-state index >= 15 is 0 Å². The van der Waals surface area contributed by atoms with Crippen molar-refractivity contribution in [2.24, 2.45) is 0 Å². The molecule has 0 bridgehead atoms. The minimum atomic E-state index is -4.42. The lowest BCUT2D eigenvalue weighted by molar-refractivity contribution is -0.137. The fraction of sp³-hybridized carbons (Fsp3) is 0.273. The van der Waals surface area contributed by atoms with E-state index in [2.05, 4.69) is 20.6 Å². The Labute approximate surface area is 116 Å².